The first-order chi connectivity index (χ1) is 4.38. The van der Waals surface area contributed by atoms with E-state index in [4.69, 9.17) is 10.5 Å². The summed E-state index contributed by atoms with van der Waals surface area (Å²) in [5.74, 6) is 0. The molecule has 0 unspecified atom stereocenters. The normalized spacial score (nSPS) is 7.78. The van der Waals surface area contributed by atoms with Crippen LogP contribution in [-0.2, 0) is 0 Å². The Bertz CT molecular complexity index is 255. The Kier molecular flexibility index (Phi) is 1.21. The molecule has 0 aliphatic heterocycles. The minimum atomic E-state index is 0.331. The van der Waals surface area contributed by atoms with Crippen LogP contribution < -0.4 is 0 Å². The van der Waals surface area contributed by atoms with Gasteiger partial charge in [-0.15, -0.1) is 0 Å². The van der Waals surface area contributed by atoms with E-state index in [9.17, 15) is 0 Å². The second-order valence-corrected chi connectivity index (χ2v) is 1.49. The van der Waals surface area contributed by atoms with Gasteiger partial charge < -0.3 is 4.98 Å². The van der Waals surface area contributed by atoms with Gasteiger partial charge in [0, 0.05) is 6.20 Å². The van der Waals surface area contributed by atoms with Crippen LogP contribution in [0, 0.1) is 22.7 Å². The van der Waals surface area contributed by atoms with Gasteiger partial charge in [0.05, 0.1) is 5.56 Å². The molecule has 42 valence electrons. The summed E-state index contributed by atoms with van der Waals surface area (Å²) < 4.78 is 0. The van der Waals surface area contributed by atoms with Crippen molar-refractivity contribution in [2.24, 2.45) is 0 Å². The SMILES string of the molecule is N#Cc1cc[nH]c1[14C]#N. The van der Waals surface area contributed by atoms with Gasteiger partial charge in [0.1, 0.15) is 17.8 Å². The number of aromatic nitrogens is 1. The maximum Gasteiger partial charge on any atom is 0.135 e. The predicted molar refractivity (Wildman–Crippen MR) is 30.2 cm³/mol. The molecule has 0 aliphatic rings. The van der Waals surface area contributed by atoms with Crippen LogP contribution in [0.3, 0.4) is 0 Å². The second kappa shape index (κ2) is 2.02. The third kappa shape index (κ3) is 0.756. The van der Waals surface area contributed by atoms with Gasteiger partial charge >= 0.3 is 0 Å². The first-order valence-electron chi connectivity index (χ1n) is 2.36. The number of nitrogens with zero attached hydrogens (tertiary/aromatic N) is 2. The number of nitrogens with one attached hydrogen (secondary N) is 1. The van der Waals surface area contributed by atoms with Crippen LogP contribution in [0.25, 0.3) is 0 Å². The second-order valence-electron chi connectivity index (χ2n) is 1.49. The summed E-state index contributed by atoms with van der Waals surface area (Å²) in [7, 11) is 0. The van der Waals surface area contributed by atoms with Crippen LogP contribution in [0.5, 0.6) is 0 Å². The van der Waals surface area contributed by atoms with Crippen molar-refractivity contribution in [3.05, 3.63) is 23.5 Å². The van der Waals surface area contributed by atoms with Crippen LogP contribution in [0.1, 0.15) is 11.3 Å². The lowest BCUT2D eigenvalue weighted by atomic mass is 10.3. The third-order valence-electron chi connectivity index (χ3n) is 0.979. The Balaban J connectivity index is 3.22. The standard InChI is InChI=1S/C6H3N3/c7-3-5-1-2-9-6(5)4-8/h1-2,9H/i4+2. The van der Waals surface area contributed by atoms with Gasteiger partial charge in [-0.1, -0.05) is 0 Å². The Labute approximate surface area is 52.2 Å². The van der Waals surface area contributed by atoms with Crippen molar-refractivity contribution >= 4 is 0 Å². The summed E-state index contributed by atoms with van der Waals surface area (Å²) in [6.45, 7) is 0. The Hall–Kier alpha value is -1.74. The van der Waals surface area contributed by atoms with Gasteiger partial charge in [-0.2, -0.15) is 10.5 Å². The highest BCUT2D eigenvalue weighted by Gasteiger charge is 1.97. The molecule has 1 rings (SSSR count). The summed E-state index contributed by atoms with van der Waals surface area (Å²) in [5.41, 5.74) is 0.731. The average molecular weight is 119 g/mol. The van der Waals surface area contributed by atoms with E-state index in [0.717, 1.165) is 0 Å². The van der Waals surface area contributed by atoms with Gasteiger partial charge in [0.15, 0.2) is 0 Å². The molecule has 0 spiro atoms. The van der Waals surface area contributed by atoms with Crippen LogP contribution in [0.4, 0.5) is 0 Å². The molecule has 3 heteroatoms. The summed E-state index contributed by atoms with van der Waals surface area (Å²) in [6, 6.07) is 5.29. The van der Waals surface area contributed by atoms with Crippen LogP contribution in [0.15, 0.2) is 12.3 Å². The summed E-state index contributed by atoms with van der Waals surface area (Å²) in [6.07, 6.45) is 1.57. The van der Waals surface area contributed by atoms with E-state index in [-0.39, 0.29) is 0 Å². The molecule has 0 aliphatic carbocycles. The van der Waals surface area contributed by atoms with Crippen molar-refractivity contribution in [2.45, 2.75) is 0 Å². The fourth-order valence-electron chi connectivity index (χ4n) is 0.555. The molecule has 1 aromatic heterocycles. The molecule has 0 atom stereocenters. The zero-order chi connectivity index (χ0) is 6.69. The average Bonchev–Trinajstić information content (AvgIpc) is 2.33. The van der Waals surface area contributed by atoms with Crippen molar-refractivity contribution in [3.8, 4) is 12.1 Å². The highest BCUT2D eigenvalue weighted by Crippen LogP contribution is 2.00. The van der Waals surface area contributed by atoms with E-state index >= 15 is 0 Å². The molecule has 1 heterocycles. The molecule has 3 nitrogen and oxygen atoms in total. The van der Waals surface area contributed by atoms with Crippen molar-refractivity contribution < 1.29 is 0 Å². The molecule has 1 aromatic rings. The molecular weight excluding hydrogens is 116 g/mol. The van der Waals surface area contributed by atoms with Crippen LogP contribution in [-0.4, -0.2) is 4.98 Å². The quantitative estimate of drug-likeness (QED) is 0.547. The van der Waals surface area contributed by atoms with Crippen molar-refractivity contribution in [1.29, 1.82) is 10.5 Å². The number of nitriles is 2. The van der Waals surface area contributed by atoms with E-state index in [1.54, 1.807) is 12.3 Å². The topological polar surface area (TPSA) is 63.4 Å². The molecule has 9 heavy (non-hydrogen) atoms. The zero-order valence-corrected chi connectivity index (χ0v) is 4.55. The van der Waals surface area contributed by atoms with Gasteiger partial charge in [0.2, 0.25) is 0 Å². The highest BCUT2D eigenvalue weighted by atomic mass is 15.0. The largest absolute Gasteiger partial charge is 0.352 e. The molecule has 0 saturated carbocycles. The maximum atomic E-state index is 8.32. The first kappa shape index (κ1) is 5.40. The van der Waals surface area contributed by atoms with Gasteiger partial charge in [-0.25, -0.2) is 0 Å². The molecule has 1 N–H and O–H groups in total. The monoisotopic (exact) mass is 119 g/mol. The summed E-state index contributed by atoms with van der Waals surface area (Å²) >= 11 is 0. The highest BCUT2D eigenvalue weighted by molar-refractivity contribution is 5.40. The van der Waals surface area contributed by atoms with E-state index in [1.165, 1.54) is 0 Å². The predicted octanol–water partition coefficient (Wildman–Crippen LogP) is 0.758. The smallest absolute Gasteiger partial charge is 0.135 e. The molecular formula is C6H3N3. The van der Waals surface area contributed by atoms with E-state index in [0.29, 0.717) is 11.3 Å². The number of hydrogen-bond acceptors (Lipinski definition) is 2. The molecule has 0 bridgehead atoms. The van der Waals surface area contributed by atoms with E-state index in [2.05, 4.69) is 4.98 Å². The number of aromatic amines is 1. The van der Waals surface area contributed by atoms with Crippen molar-refractivity contribution in [3.63, 3.8) is 0 Å². The lowest BCUT2D eigenvalue weighted by molar-refractivity contribution is 1.32. The fraction of sp³-hybridized carbons (Fsp3) is 0. The lowest BCUT2D eigenvalue weighted by Crippen LogP contribution is -1.75. The minimum absolute atomic E-state index is 0.331. The Morgan fingerprint density at radius 2 is 2.44 bits per heavy atom. The molecule has 0 amide bonds. The first-order valence-corrected chi connectivity index (χ1v) is 2.36. The van der Waals surface area contributed by atoms with Gasteiger partial charge in [0.25, 0.3) is 0 Å². The summed E-state index contributed by atoms with van der Waals surface area (Å²) in [5, 5.41) is 16.6. The molecule has 0 saturated heterocycles. The molecule has 0 aromatic carbocycles. The number of rotatable bonds is 0. The van der Waals surface area contributed by atoms with E-state index in [1.807, 2.05) is 12.1 Å². The van der Waals surface area contributed by atoms with Gasteiger partial charge in [-0.3, -0.25) is 0 Å². The number of hydrogen-bond donors (Lipinski definition) is 1. The Morgan fingerprint density at radius 3 is 2.89 bits per heavy atom. The lowest BCUT2D eigenvalue weighted by Gasteiger charge is -1.75. The molecule has 0 fully saturated rings. The molecule has 0 radical (unpaired) electrons. The minimum Gasteiger partial charge on any atom is -0.352 e. The fourth-order valence-corrected chi connectivity index (χ4v) is 0.555. The number of H-pyrrole nitrogens is 1. The van der Waals surface area contributed by atoms with E-state index < -0.39 is 0 Å². The maximum absolute atomic E-state index is 8.32. The Morgan fingerprint density at radius 1 is 1.67 bits per heavy atom. The van der Waals surface area contributed by atoms with Gasteiger partial charge in [-0.05, 0) is 6.07 Å². The van der Waals surface area contributed by atoms with Crippen LogP contribution >= 0.6 is 0 Å². The van der Waals surface area contributed by atoms with Crippen LogP contribution in [0.2, 0.25) is 0 Å². The summed E-state index contributed by atoms with van der Waals surface area (Å²) in [4.78, 5) is 2.62. The van der Waals surface area contributed by atoms with Crippen molar-refractivity contribution in [1.82, 2.24) is 4.98 Å². The van der Waals surface area contributed by atoms with Crippen molar-refractivity contribution in [2.75, 3.05) is 0 Å². The zero-order valence-electron chi connectivity index (χ0n) is 4.55. The third-order valence-corrected chi connectivity index (χ3v) is 0.979.